The quantitative estimate of drug-likeness (QED) is 0.798. The molecule has 1 spiro atoms. The van der Waals surface area contributed by atoms with Crippen molar-refractivity contribution in [2.75, 3.05) is 20.6 Å². The van der Waals surface area contributed by atoms with Gasteiger partial charge in [-0.3, -0.25) is 0 Å². The van der Waals surface area contributed by atoms with Crippen LogP contribution >= 0.6 is 0 Å². The fourth-order valence-corrected chi connectivity index (χ4v) is 4.38. The number of methoxy groups -OCH3 is 1. The zero-order valence-corrected chi connectivity index (χ0v) is 11.5. The van der Waals surface area contributed by atoms with Crippen molar-refractivity contribution in [1.29, 1.82) is 0 Å². The van der Waals surface area contributed by atoms with Gasteiger partial charge >= 0.3 is 0 Å². The number of benzene rings is 1. The molecule has 22 heavy (non-hydrogen) atoms. The predicted octanol–water partition coefficient (Wildman–Crippen LogP) is 1.50. The highest BCUT2D eigenvalue weighted by Crippen LogP contribution is 2.62. The van der Waals surface area contributed by atoms with E-state index in [1.165, 1.54) is 12.2 Å². The van der Waals surface area contributed by atoms with E-state index in [9.17, 15) is 6.48 Å². The van der Waals surface area contributed by atoms with Gasteiger partial charge in [0, 0.05) is 31.1 Å². The third-order valence-electron chi connectivity index (χ3n) is 5.26. The van der Waals surface area contributed by atoms with Crippen molar-refractivity contribution in [1.82, 2.24) is 4.90 Å². The predicted molar refractivity (Wildman–Crippen MR) is 82.5 cm³/mol. The third kappa shape index (κ3) is 1.28. The molecule has 5 rings (SSSR count). The highest BCUT2D eigenvalue weighted by atomic mass is 16.5. The van der Waals surface area contributed by atoms with Gasteiger partial charge in [-0.15, -0.1) is 0 Å². The van der Waals surface area contributed by atoms with Crippen molar-refractivity contribution in [2.24, 2.45) is 5.92 Å². The van der Waals surface area contributed by atoms with Crippen molar-refractivity contribution >= 4 is 0 Å². The maximum absolute atomic E-state index is 10.8. The largest absolute Gasteiger partial charge is 0.493 e. The summed E-state index contributed by atoms with van der Waals surface area (Å²) in [5.41, 5.74) is -1.62. The standard InChI is InChI=1S/C18H21NO3/c1-19-8-7-18-11-4-5-13(20)17(18)22-16-14(21-2)6-3-10(15(16)18)9-12(11)19/h3-6,11-13,17,20H,7-9H2,1-2H3/t11-,12+,13?,17?,18-/m0/s1/i1D3,2D3,3D,6D,9D2,12D. The summed E-state index contributed by atoms with van der Waals surface area (Å²) in [7, 11) is -2.99. The summed E-state index contributed by atoms with van der Waals surface area (Å²) in [6.45, 7) is -3.05. The minimum absolute atomic E-state index is 0.0445. The molecule has 0 saturated carbocycles. The molecule has 0 radical (unpaired) electrons. The highest BCUT2D eigenvalue weighted by molar-refractivity contribution is 5.62. The van der Waals surface area contributed by atoms with Crippen molar-refractivity contribution in [3.8, 4) is 11.5 Å². The van der Waals surface area contributed by atoms with E-state index in [0.29, 0.717) is 0 Å². The summed E-state index contributed by atoms with van der Waals surface area (Å²) in [5, 5.41) is 10.8. The van der Waals surface area contributed by atoms with Crippen LogP contribution in [0.15, 0.2) is 24.2 Å². The monoisotopic (exact) mass is 310 g/mol. The molecule has 2 unspecified atom stereocenters. The lowest BCUT2D eigenvalue weighted by molar-refractivity contribution is -0.0453. The number of ether oxygens (including phenoxy) is 2. The van der Waals surface area contributed by atoms with E-state index in [-0.39, 0.29) is 24.3 Å². The Balaban J connectivity index is 1.91. The molecule has 116 valence electrons. The average molecular weight is 310 g/mol. The van der Waals surface area contributed by atoms with Gasteiger partial charge in [-0.05, 0) is 37.9 Å². The number of likely N-dealkylation sites (N-methyl/N-ethyl adjacent to an activating group) is 1. The topological polar surface area (TPSA) is 41.9 Å². The summed E-state index contributed by atoms with van der Waals surface area (Å²) in [4.78, 5) is 0.797. The van der Waals surface area contributed by atoms with Crippen molar-refractivity contribution in [2.45, 2.75) is 36.4 Å². The molecule has 0 amide bonds. The second kappa shape index (κ2) is 4.06. The maximum atomic E-state index is 10.8. The molecule has 2 bridgehead atoms. The van der Waals surface area contributed by atoms with Gasteiger partial charge in [0.05, 0.1) is 13.9 Å². The van der Waals surface area contributed by atoms with Crippen LogP contribution in [0.3, 0.4) is 0 Å². The Labute approximate surface area is 145 Å². The fraction of sp³-hybridized carbons (Fsp3) is 0.556. The van der Waals surface area contributed by atoms with Crippen LogP contribution in [0.5, 0.6) is 11.5 Å². The molecule has 2 aliphatic heterocycles. The normalized spacial score (nSPS) is 55.1. The summed E-state index contributed by atoms with van der Waals surface area (Å²) >= 11 is 0. The lowest BCUT2D eigenvalue weighted by Gasteiger charge is -2.56. The zero-order valence-electron chi connectivity index (χ0n) is 22.5. The van der Waals surface area contributed by atoms with Crippen LogP contribution in [0.25, 0.3) is 0 Å². The Morgan fingerprint density at radius 2 is 2.55 bits per heavy atom. The SMILES string of the molecule is [2H]c1c([2H])c2c3c(c1OC([2H])([2H])[2H])OC1C(O)C=C[C@@H]4[C@@]31CCN(C([2H])([2H])[2H])[C@]4([2H])C2([2H])[2H]. The molecule has 4 nitrogen and oxygen atoms in total. The van der Waals surface area contributed by atoms with E-state index in [1.807, 2.05) is 0 Å². The number of hydrogen-bond acceptors (Lipinski definition) is 4. The second-order valence-electron chi connectivity index (χ2n) is 6.10. The third-order valence-corrected chi connectivity index (χ3v) is 5.26. The molecule has 1 fully saturated rings. The van der Waals surface area contributed by atoms with Gasteiger partial charge in [0.15, 0.2) is 11.5 Å². The molecule has 2 heterocycles. The highest BCUT2D eigenvalue weighted by Gasteiger charge is 2.64. The Bertz CT molecular complexity index is 1080. The molecule has 0 aromatic heterocycles. The lowest BCUT2D eigenvalue weighted by atomic mass is 9.53. The molecular formula is C18H21NO3. The molecule has 4 aliphatic rings. The molecule has 1 N–H and O–H groups in total. The lowest BCUT2D eigenvalue weighted by Crippen LogP contribution is -2.64. The number of aliphatic hydroxyl groups excluding tert-OH is 1. The smallest absolute Gasteiger partial charge is 0.165 e. The Kier molecular flexibility index (Phi) is 1.14. The Morgan fingerprint density at radius 1 is 1.59 bits per heavy atom. The van der Waals surface area contributed by atoms with Crippen LogP contribution < -0.4 is 9.47 Å². The van der Waals surface area contributed by atoms with E-state index < -0.39 is 73.3 Å². The van der Waals surface area contributed by atoms with Gasteiger partial charge in [0.2, 0.25) is 0 Å². The van der Waals surface area contributed by atoms with Gasteiger partial charge in [-0.2, -0.15) is 0 Å². The number of hydrogen-bond donors (Lipinski definition) is 1. The molecule has 1 saturated heterocycles. The van der Waals surface area contributed by atoms with E-state index in [4.69, 9.17) is 23.2 Å². The van der Waals surface area contributed by atoms with Gasteiger partial charge in [-0.25, -0.2) is 0 Å². The van der Waals surface area contributed by atoms with Crippen molar-refractivity contribution < 1.29 is 29.7 Å². The molecular weight excluding hydrogens is 278 g/mol. The van der Waals surface area contributed by atoms with Crippen LogP contribution in [-0.4, -0.2) is 48.8 Å². The first kappa shape index (κ1) is 6.17. The van der Waals surface area contributed by atoms with Crippen LogP contribution in [0, 0.1) is 5.92 Å². The van der Waals surface area contributed by atoms with E-state index in [2.05, 4.69) is 0 Å². The number of aliphatic hydroxyl groups is 1. The van der Waals surface area contributed by atoms with Gasteiger partial charge in [0.25, 0.3) is 0 Å². The first-order valence-corrected chi connectivity index (χ1v) is 7.17. The van der Waals surface area contributed by atoms with Crippen molar-refractivity contribution in [3.63, 3.8) is 0 Å². The summed E-state index contributed by atoms with van der Waals surface area (Å²) in [6.07, 6.45) is -2.30. The van der Waals surface area contributed by atoms with Crippen LogP contribution in [0.1, 0.15) is 32.6 Å². The summed E-state index contributed by atoms with van der Waals surface area (Å²) < 4.78 is 101. The Morgan fingerprint density at radius 3 is 3.41 bits per heavy atom. The number of piperidine rings is 1. The molecule has 4 heteroatoms. The van der Waals surface area contributed by atoms with E-state index in [1.54, 1.807) is 0 Å². The Hall–Kier alpha value is -1.52. The average Bonchev–Trinajstić information content (AvgIpc) is 2.98. The molecule has 5 atom stereocenters. The minimum atomic E-state index is -2.99. The van der Waals surface area contributed by atoms with Gasteiger partial charge in [0.1, 0.15) is 12.2 Å². The minimum Gasteiger partial charge on any atom is -0.493 e. The van der Waals surface area contributed by atoms with Crippen LogP contribution in [-0.2, 0) is 11.8 Å². The molecule has 2 aliphatic carbocycles. The van der Waals surface area contributed by atoms with Crippen LogP contribution in [0.4, 0.5) is 0 Å². The molecule has 1 aromatic rings. The maximum Gasteiger partial charge on any atom is 0.165 e. The molecule has 1 aromatic carbocycles. The zero-order chi connectivity index (χ0) is 24.5. The van der Waals surface area contributed by atoms with E-state index in [0.717, 1.165) is 4.90 Å². The number of likely N-dealkylation sites (tertiary alicyclic amines) is 1. The first-order valence-electron chi connectivity index (χ1n) is 12.7. The van der Waals surface area contributed by atoms with Gasteiger partial charge in [-0.1, -0.05) is 18.2 Å². The van der Waals surface area contributed by atoms with Gasteiger partial charge < -0.3 is 19.5 Å². The first-order chi connectivity index (χ1) is 15.0. The van der Waals surface area contributed by atoms with E-state index >= 15 is 0 Å². The number of rotatable bonds is 1. The summed E-state index contributed by atoms with van der Waals surface area (Å²) in [6, 6.07) is -3.87. The van der Waals surface area contributed by atoms with Crippen LogP contribution in [0.2, 0.25) is 0 Å². The second-order valence-corrected chi connectivity index (χ2v) is 6.10. The summed E-state index contributed by atoms with van der Waals surface area (Å²) in [5.74, 6) is -1.90. The number of nitrogens with zero attached hydrogens (tertiary/aromatic N) is 1. The van der Waals surface area contributed by atoms with Crippen molar-refractivity contribution in [3.05, 3.63) is 35.4 Å². The fourth-order valence-electron chi connectivity index (χ4n) is 4.38.